The fourth-order valence-corrected chi connectivity index (χ4v) is 2.75. The summed E-state index contributed by atoms with van der Waals surface area (Å²) in [5, 5.41) is 3.60. The molecule has 2 nitrogen and oxygen atoms in total. The molecule has 1 fully saturated rings. The highest BCUT2D eigenvalue weighted by Gasteiger charge is 2.23. The number of hydrogen-bond acceptors (Lipinski definition) is 2. The molecule has 0 spiro atoms. The summed E-state index contributed by atoms with van der Waals surface area (Å²) in [6, 6.07) is 4.74. The van der Waals surface area contributed by atoms with Crippen LogP contribution in [0.1, 0.15) is 33.1 Å². The Labute approximate surface area is 92.1 Å². The normalized spacial score (nSPS) is 31.2. The molecule has 0 radical (unpaired) electrons. The molecule has 2 atom stereocenters. The lowest BCUT2D eigenvalue weighted by molar-refractivity contribution is 0.281. The molecule has 1 heterocycles. The van der Waals surface area contributed by atoms with Gasteiger partial charge in [0.25, 0.3) is 0 Å². The van der Waals surface area contributed by atoms with Crippen molar-refractivity contribution in [3.63, 3.8) is 0 Å². The van der Waals surface area contributed by atoms with Gasteiger partial charge in [-0.3, -0.25) is 4.98 Å². The van der Waals surface area contributed by atoms with E-state index in [2.05, 4.69) is 24.1 Å². The molecule has 0 bridgehead atoms. The lowest BCUT2D eigenvalue weighted by Gasteiger charge is -2.32. The molecule has 2 heteroatoms. The molecule has 0 aliphatic heterocycles. The van der Waals surface area contributed by atoms with Crippen molar-refractivity contribution in [2.24, 2.45) is 11.8 Å². The second kappa shape index (κ2) is 4.65. The summed E-state index contributed by atoms with van der Waals surface area (Å²) in [6.45, 7) is 4.72. The third-order valence-corrected chi connectivity index (χ3v) is 3.23. The summed E-state index contributed by atoms with van der Waals surface area (Å²) < 4.78 is 0. The first-order valence-corrected chi connectivity index (χ1v) is 5.90. The molecular weight excluding hydrogens is 184 g/mol. The zero-order valence-electron chi connectivity index (χ0n) is 9.61. The smallest absolute Gasteiger partial charge is 0.0373 e. The minimum absolute atomic E-state index is 0.645. The van der Waals surface area contributed by atoms with Crippen molar-refractivity contribution in [3.8, 4) is 0 Å². The van der Waals surface area contributed by atoms with Crippen LogP contribution in [0.3, 0.4) is 0 Å². The van der Waals surface area contributed by atoms with Crippen LogP contribution in [0.15, 0.2) is 24.5 Å². The summed E-state index contributed by atoms with van der Waals surface area (Å²) in [7, 11) is 0. The average molecular weight is 204 g/mol. The molecule has 1 saturated carbocycles. The minimum Gasteiger partial charge on any atom is -0.382 e. The maximum absolute atomic E-state index is 4.03. The molecule has 0 aromatic carbocycles. The van der Waals surface area contributed by atoms with Gasteiger partial charge in [0.05, 0.1) is 0 Å². The predicted molar refractivity (Wildman–Crippen MR) is 63.8 cm³/mol. The van der Waals surface area contributed by atoms with E-state index in [0.29, 0.717) is 6.04 Å². The van der Waals surface area contributed by atoms with E-state index in [1.54, 1.807) is 0 Å². The summed E-state index contributed by atoms with van der Waals surface area (Å²) in [5.74, 6) is 1.71. The lowest BCUT2D eigenvalue weighted by atomic mass is 9.80. The van der Waals surface area contributed by atoms with Crippen molar-refractivity contribution < 1.29 is 0 Å². The molecule has 0 amide bonds. The Bertz CT molecular complexity index is 287. The van der Waals surface area contributed by atoms with Crippen molar-refractivity contribution in [1.29, 1.82) is 0 Å². The fraction of sp³-hybridized carbons (Fsp3) is 0.615. The SMILES string of the molecule is CC1CC(C)CC(Nc2ccncc2)C1. The number of nitrogens with zero attached hydrogens (tertiary/aromatic N) is 1. The van der Waals surface area contributed by atoms with Crippen LogP contribution in [0.2, 0.25) is 0 Å². The molecular formula is C13H20N2. The van der Waals surface area contributed by atoms with Gasteiger partial charge < -0.3 is 5.32 Å². The number of nitrogens with one attached hydrogen (secondary N) is 1. The van der Waals surface area contributed by atoms with E-state index in [9.17, 15) is 0 Å². The number of aromatic nitrogens is 1. The standard InChI is InChI=1S/C13H20N2/c1-10-7-11(2)9-13(8-10)15-12-3-5-14-6-4-12/h3-6,10-11,13H,7-9H2,1-2H3,(H,14,15). The van der Waals surface area contributed by atoms with E-state index in [4.69, 9.17) is 0 Å². The second-order valence-electron chi connectivity index (χ2n) is 4.99. The largest absolute Gasteiger partial charge is 0.382 e. The summed E-state index contributed by atoms with van der Waals surface area (Å²) in [6.07, 6.45) is 7.67. The van der Waals surface area contributed by atoms with Crippen LogP contribution in [-0.2, 0) is 0 Å². The molecule has 2 unspecified atom stereocenters. The van der Waals surface area contributed by atoms with Gasteiger partial charge in [-0.2, -0.15) is 0 Å². The fourth-order valence-electron chi connectivity index (χ4n) is 2.75. The van der Waals surface area contributed by atoms with Crippen LogP contribution in [0.5, 0.6) is 0 Å². The van der Waals surface area contributed by atoms with Crippen molar-refractivity contribution in [2.75, 3.05) is 5.32 Å². The maximum atomic E-state index is 4.03. The maximum Gasteiger partial charge on any atom is 0.0373 e. The quantitative estimate of drug-likeness (QED) is 0.799. The van der Waals surface area contributed by atoms with E-state index in [1.807, 2.05) is 24.5 Å². The first-order valence-electron chi connectivity index (χ1n) is 5.90. The highest BCUT2D eigenvalue weighted by Crippen LogP contribution is 2.30. The van der Waals surface area contributed by atoms with Gasteiger partial charge in [-0.1, -0.05) is 13.8 Å². The Morgan fingerprint density at radius 1 is 1.07 bits per heavy atom. The molecule has 1 N–H and O–H groups in total. The van der Waals surface area contributed by atoms with Gasteiger partial charge in [-0.15, -0.1) is 0 Å². The van der Waals surface area contributed by atoms with Gasteiger partial charge in [0.1, 0.15) is 0 Å². The van der Waals surface area contributed by atoms with Gasteiger partial charge in [0.15, 0.2) is 0 Å². The first kappa shape index (κ1) is 10.5. The Morgan fingerprint density at radius 3 is 2.27 bits per heavy atom. The number of hydrogen-bond donors (Lipinski definition) is 1. The van der Waals surface area contributed by atoms with Gasteiger partial charge >= 0.3 is 0 Å². The van der Waals surface area contributed by atoms with Crippen LogP contribution in [0.25, 0.3) is 0 Å². The second-order valence-corrected chi connectivity index (χ2v) is 4.99. The van der Waals surface area contributed by atoms with Crippen molar-refractivity contribution in [3.05, 3.63) is 24.5 Å². The molecule has 15 heavy (non-hydrogen) atoms. The van der Waals surface area contributed by atoms with Crippen LogP contribution < -0.4 is 5.32 Å². The zero-order valence-corrected chi connectivity index (χ0v) is 9.61. The molecule has 82 valence electrons. The van der Waals surface area contributed by atoms with E-state index < -0.39 is 0 Å². The molecule has 0 saturated heterocycles. The monoisotopic (exact) mass is 204 g/mol. The van der Waals surface area contributed by atoms with E-state index in [-0.39, 0.29) is 0 Å². The molecule has 1 aromatic rings. The summed E-state index contributed by atoms with van der Waals surface area (Å²) in [5.41, 5.74) is 1.20. The van der Waals surface area contributed by atoms with Gasteiger partial charge in [0.2, 0.25) is 0 Å². The van der Waals surface area contributed by atoms with Gasteiger partial charge in [0, 0.05) is 24.1 Å². The Morgan fingerprint density at radius 2 is 1.67 bits per heavy atom. The van der Waals surface area contributed by atoms with Crippen molar-refractivity contribution in [2.45, 2.75) is 39.2 Å². The average Bonchev–Trinajstić information content (AvgIpc) is 2.17. The highest BCUT2D eigenvalue weighted by atomic mass is 14.9. The van der Waals surface area contributed by atoms with Crippen molar-refractivity contribution in [1.82, 2.24) is 4.98 Å². The molecule has 1 aliphatic carbocycles. The number of pyridine rings is 1. The van der Waals surface area contributed by atoms with Gasteiger partial charge in [-0.25, -0.2) is 0 Å². The van der Waals surface area contributed by atoms with E-state index >= 15 is 0 Å². The Kier molecular flexibility index (Phi) is 3.24. The summed E-state index contributed by atoms with van der Waals surface area (Å²) >= 11 is 0. The number of rotatable bonds is 2. The number of anilines is 1. The molecule has 1 aliphatic rings. The van der Waals surface area contributed by atoms with E-state index in [0.717, 1.165) is 11.8 Å². The summed E-state index contributed by atoms with van der Waals surface area (Å²) in [4.78, 5) is 4.03. The van der Waals surface area contributed by atoms with Crippen LogP contribution in [0, 0.1) is 11.8 Å². The molecule has 1 aromatic heterocycles. The van der Waals surface area contributed by atoms with Crippen LogP contribution >= 0.6 is 0 Å². The zero-order chi connectivity index (χ0) is 10.7. The minimum atomic E-state index is 0.645. The van der Waals surface area contributed by atoms with Crippen LogP contribution in [-0.4, -0.2) is 11.0 Å². The van der Waals surface area contributed by atoms with Crippen LogP contribution in [0.4, 0.5) is 5.69 Å². The van der Waals surface area contributed by atoms with E-state index in [1.165, 1.54) is 24.9 Å². The molecule has 2 rings (SSSR count). The third kappa shape index (κ3) is 2.95. The Balaban J connectivity index is 1.94. The third-order valence-electron chi connectivity index (χ3n) is 3.23. The highest BCUT2D eigenvalue weighted by molar-refractivity contribution is 5.41. The van der Waals surface area contributed by atoms with Gasteiger partial charge in [-0.05, 0) is 43.2 Å². The first-order chi connectivity index (χ1) is 7.24. The topological polar surface area (TPSA) is 24.9 Å². The lowest BCUT2D eigenvalue weighted by Crippen LogP contribution is -2.30. The Hall–Kier alpha value is -1.05. The predicted octanol–water partition coefficient (Wildman–Crippen LogP) is 3.32. The van der Waals surface area contributed by atoms with Crippen molar-refractivity contribution >= 4 is 5.69 Å².